The van der Waals surface area contributed by atoms with Gasteiger partial charge in [0.1, 0.15) is 80.1 Å². The van der Waals surface area contributed by atoms with Gasteiger partial charge in [-0.3, -0.25) is 19.2 Å². The molecule has 512 valence electrons. The molecule has 0 aliphatic carbocycles. The van der Waals surface area contributed by atoms with Gasteiger partial charge in [-0.25, -0.2) is 60.0 Å². The first-order valence-corrected chi connectivity index (χ1v) is 32.0. The molecule has 3 aliphatic rings. The summed E-state index contributed by atoms with van der Waals surface area (Å²) in [6.45, 7) is 6.73. The first-order chi connectivity index (χ1) is 46.9. The number of halogens is 10. The lowest BCUT2D eigenvalue weighted by Gasteiger charge is -2.31. The fourth-order valence-electron chi connectivity index (χ4n) is 11.6. The number of carbonyl (C=O) groups excluding carboxylic acids is 2. The molecule has 27 heteroatoms. The molecule has 10 aromatic rings. The van der Waals surface area contributed by atoms with Crippen molar-refractivity contribution in [1.29, 1.82) is 0 Å². The molecule has 3 fully saturated rings. The normalized spacial score (nSPS) is 14.8. The average molecular weight is 1390 g/mol. The van der Waals surface area contributed by atoms with Crippen molar-refractivity contribution in [3.05, 3.63) is 229 Å². The lowest BCUT2D eigenvalue weighted by atomic mass is 10.0. The molecule has 0 amide bonds. The third-order valence-corrected chi connectivity index (χ3v) is 17.1. The zero-order valence-corrected chi connectivity index (χ0v) is 55.3. The molecule has 0 saturated carbocycles. The van der Waals surface area contributed by atoms with Gasteiger partial charge in [0.05, 0.1) is 51.2 Å². The second-order valence-corrected chi connectivity index (χ2v) is 24.6. The van der Waals surface area contributed by atoms with Gasteiger partial charge in [-0.15, -0.1) is 0 Å². The predicted molar refractivity (Wildman–Crippen MR) is 365 cm³/mol. The summed E-state index contributed by atoms with van der Waals surface area (Å²) in [6, 6.07) is 24.4. The third kappa shape index (κ3) is 18.8. The number of likely N-dealkylation sites (tertiary alicyclic amines) is 3. The van der Waals surface area contributed by atoms with Gasteiger partial charge >= 0.3 is 0 Å². The topological polar surface area (TPSA) is 202 Å². The highest BCUT2D eigenvalue weighted by molar-refractivity contribution is 6.30. The molecule has 0 unspecified atom stereocenters. The highest BCUT2D eigenvalue weighted by atomic mass is 35.5. The molecule has 10 heterocycles. The van der Waals surface area contributed by atoms with Gasteiger partial charge in [-0.1, -0.05) is 41.4 Å². The van der Waals surface area contributed by atoms with Crippen LogP contribution >= 0.6 is 23.2 Å². The zero-order chi connectivity index (χ0) is 70.3. The Bertz CT molecular complexity index is 4490. The van der Waals surface area contributed by atoms with Crippen LogP contribution in [-0.4, -0.2) is 127 Å². The van der Waals surface area contributed by atoms with E-state index in [0.29, 0.717) is 56.0 Å². The van der Waals surface area contributed by atoms with Crippen LogP contribution in [0.15, 0.2) is 150 Å². The number of ketones is 1. The molecule has 7 aromatic heterocycles. The number of rotatable bonds is 11. The average Bonchev–Trinajstić information content (AvgIpc) is 0.760. The van der Waals surface area contributed by atoms with Gasteiger partial charge in [0.25, 0.3) is 11.1 Å². The van der Waals surface area contributed by atoms with Gasteiger partial charge in [0.15, 0.2) is 6.29 Å². The van der Waals surface area contributed by atoms with E-state index >= 15 is 0 Å². The predicted octanol–water partition coefficient (Wildman–Crippen LogP) is 14.1. The summed E-state index contributed by atoms with van der Waals surface area (Å²) in [5.41, 5.74) is 6.03. The van der Waals surface area contributed by atoms with Gasteiger partial charge in [0, 0.05) is 71.2 Å². The zero-order valence-electron chi connectivity index (χ0n) is 53.7. The molecule has 3 saturated heterocycles. The van der Waals surface area contributed by atoms with Crippen LogP contribution in [-0.2, 0) is 11.2 Å². The maximum Gasteiger partial charge on any atom is 0.259 e. The van der Waals surface area contributed by atoms with Gasteiger partial charge < -0.3 is 40.2 Å². The molecule has 4 N–H and O–H groups in total. The highest BCUT2D eigenvalue weighted by Crippen LogP contribution is 2.34. The van der Waals surface area contributed by atoms with E-state index in [4.69, 9.17) is 28.9 Å². The molecular weight excluding hydrogens is 1320 g/mol. The third-order valence-electron chi connectivity index (χ3n) is 16.7. The van der Waals surface area contributed by atoms with Crippen LogP contribution in [0.2, 0.25) is 10.3 Å². The summed E-state index contributed by atoms with van der Waals surface area (Å²) in [5, 5.41) is 8.27. The van der Waals surface area contributed by atoms with Crippen LogP contribution in [0, 0.1) is 46.5 Å². The van der Waals surface area contributed by atoms with Crippen LogP contribution in [0.3, 0.4) is 0 Å². The van der Waals surface area contributed by atoms with Gasteiger partial charge in [-0.05, 0) is 191 Å². The Morgan fingerprint density at radius 2 is 0.959 bits per heavy atom. The summed E-state index contributed by atoms with van der Waals surface area (Å²) < 4.78 is 112. The van der Waals surface area contributed by atoms with E-state index in [1.54, 1.807) is 33.5 Å². The Balaban J connectivity index is 0.000000155. The molecule has 3 aliphatic heterocycles. The molecule has 0 atom stereocenters. The largest absolute Gasteiger partial charge is 0.384 e. The summed E-state index contributed by atoms with van der Waals surface area (Å²) in [4.78, 5) is 75.0. The number of nitrogens with one attached hydrogen (secondary N) is 2. The summed E-state index contributed by atoms with van der Waals surface area (Å²) in [6.07, 6.45) is 12.5. The number of nitrogens with zero attached hydrogens (tertiary/aromatic N) is 10. The van der Waals surface area contributed by atoms with Crippen LogP contribution in [0.1, 0.15) is 73.5 Å². The molecule has 0 spiro atoms. The number of aromatic nitrogens is 7. The maximum atomic E-state index is 14.6. The van der Waals surface area contributed by atoms with Crippen molar-refractivity contribution in [2.45, 2.75) is 70.0 Å². The Morgan fingerprint density at radius 3 is 1.41 bits per heavy atom. The molecular formula is C71H69Cl2F8N13O4. The number of pyridine rings is 7. The molecule has 13 rings (SSSR count). The van der Waals surface area contributed by atoms with Crippen LogP contribution < -0.4 is 27.5 Å². The fraction of sp³-hybridized carbons (Fsp3) is 0.282. The number of benzene rings is 3. The SMILES string of the molecule is CC(=O)Cc1c(F)cccc1F.CN1CCC(Nc2cc(Cl)ncc2C=O)CC1.CN1CCC(n2c(=O)c(-c3c(F)cccc3F)cc3cnc(Cl)cc32)CC1.CN1CCC(n2c(=O)c(-c3c(F)cccc3F)cc3cnc(Nc4ccc(F)cn4)cc32)CC1.Nc1ccc(F)cn1. The second-order valence-electron chi connectivity index (χ2n) is 23.8. The van der Waals surface area contributed by atoms with Gasteiger partial charge in [-0.2, -0.15) is 0 Å². The van der Waals surface area contributed by atoms with E-state index in [9.17, 15) is 54.3 Å². The lowest BCUT2D eigenvalue weighted by Crippen LogP contribution is -2.36. The summed E-state index contributed by atoms with van der Waals surface area (Å²) in [5.74, 6) is -4.35. The number of nitrogens with two attached hydrogens (primary N) is 1. The quantitative estimate of drug-likeness (QED) is 0.0626. The highest BCUT2D eigenvalue weighted by Gasteiger charge is 2.28. The van der Waals surface area contributed by atoms with Crippen molar-refractivity contribution < 1.29 is 44.7 Å². The number of hydrogen-bond acceptors (Lipinski definition) is 15. The first kappa shape index (κ1) is 72.7. The van der Waals surface area contributed by atoms with Crippen molar-refractivity contribution in [3.63, 3.8) is 0 Å². The van der Waals surface area contributed by atoms with Crippen molar-refractivity contribution in [1.82, 2.24) is 48.8 Å². The standard InChI is InChI=1S/C25H22F3N5O.C20H18ClF2N3O.C12H16ClN3O.C9H8F2O.C5H5FN2/c1-32-9-7-17(8-10-32)33-21-12-23(31-22-6-5-16(26)14-30-22)29-13-15(21)11-18(25(33)34)24-19(27)3-2-4-20(24)28;1-25-7-5-13(6-8-25)26-17-10-18(21)24-11-12(17)9-14(20(26)27)19-15(22)3-2-4-16(19)23;1-16-4-2-10(3-5-16)15-11-6-12(13)14-7-9(11)8-17;1-6(12)5-7-8(10)3-2-4-9(7)11;6-4-1-2-5(7)8-3-4/h2-6,11-14,17H,7-10H2,1H3,(H,29,30,31);2-4,9-11,13H,5-8H2,1H3;6-8,10H,2-5H2,1H3,(H,14,15);2-4H,5H2,1H3;1-3H,(H2,7,8). The Hall–Kier alpha value is -9.53. The number of piperidine rings is 3. The molecule has 3 aromatic carbocycles. The lowest BCUT2D eigenvalue weighted by molar-refractivity contribution is -0.116. The molecule has 98 heavy (non-hydrogen) atoms. The van der Waals surface area contributed by atoms with E-state index in [-0.39, 0.29) is 63.1 Å². The van der Waals surface area contributed by atoms with Crippen molar-refractivity contribution in [3.8, 4) is 22.3 Å². The minimum absolute atomic E-state index is 0.00107. The van der Waals surface area contributed by atoms with E-state index in [0.717, 1.165) is 139 Å². The minimum Gasteiger partial charge on any atom is -0.384 e. The fourth-order valence-corrected chi connectivity index (χ4v) is 11.9. The smallest absolute Gasteiger partial charge is 0.259 e. The number of fused-ring (bicyclic) bond motifs is 2. The minimum atomic E-state index is -0.792. The van der Waals surface area contributed by atoms with E-state index < -0.39 is 51.8 Å². The van der Waals surface area contributed by atoms with Crippen molar-refractivity contribution in [2.24, 2.45) is 0 Å². The Labute approximate surface area is 568 Å². The maximum absolute atomic E-state index is 14.6. The summed E-state index contributed by atoms with van der Waals surface area (Å²) in [7, 11) is 6.17. The summed E-state index contributed by atoms with van der Waals surface area (Å²) >= 11 is 11.9. The molecule has 17 nitrogen and oxygen atoms in total. The van der Waals surface area contributed by atoms with Crippen LogP contribution in [0.25, 0.3) is 44.1 Å². The number of nitrogen functional groups attached to an aromatic ring is 1. The number of anilines is 4. The monoisotopic (exact) mass is 1390 g/mol. The second kappa shape index (κ2) is 33.6. The van der Waals surface area contributed by atoms with Crippen molar-refractivity contribution >= 4 is 80.2 Å². The van der Waals surface area contributed by atoms with E-state index in [1.165, 1.54) is 73.9 Å². The number of hydrogen-bond donors (Lipinski definition) is 3. The van der Waals surface area contributed by atoms with Crippen LogP contribution in [0.5, 0.6) is 0 Å². The first-order valence-electron chi connectivity index (χ1n) is 31.2. The number of carbonyl (C=O) groups is 2. The van der Waals surface area contributed by atoms with E-state index in [2.05, 4.69) is 57.3 Å². The number of Topliss-reactive ketones (excluding diaryl/α,β-unsaturated/α-hetero) is 1. The molecule has 0 bridgehead atoms. The van der Waals surface area contributed by atoms with Crippen molar-refractivity contribution in [2.75, 3.05) is 76.8 Å². The molecule has 0 radical (unpaired) electrons. The Morgan fingerprint density at radius 1 is 0.531 bits per heavy atom. The van der Waals surface area contributed by atoms with Gasteiger partial charge in [0.2, 0.25) is 0 Å². The van der Waals surface area contributed by atoms with Crippen LogP contribution in [0.4, 0.5) is 58.3 Å². The van der Waals surface area contributed by atoms with E-state index in [1.807, 2.05) is 14.1 Å². The number of aldehydes is 1. The Kier molecular flexibility index (Phi) is 25.0.